The Balaban J connectivity index is 2.35. The topological polar surface area (TPSA) is 72.2 Å². The van der Waals surface area contributed by atoms with Crippen molar-refractivity contribution in [2.24, 2.45) is 0 Å². The summed E-state index contributed by atoms with van der Waals surface area (Å²) in [5.74, 6) is -0.724. The van der Waals surface area contributed by atoms with Crippen LogP contribution in [0.15, 0.2) is 36.4 Å². The fourth-order valence-corrected chi connectivity index (χ4v) is 3.00. The van der Waals surface area contributed by atoms with Gasteiger partial charge in [0, 0.05) is 23.4 Å². The number of nitrogens with one attached hydrogen (secondary N) is 1. The molecule has 0 radical (unpaired) electrons. The van der Waals surface area contributed by atoms with E-state index < -0.39 is 34.4 Å². The molecule has 168 valence electrons. The number of anilines is 1. The molecule has 0 saturated carbocycles. The molecule has 0 aromatic heterocycles. The third-order valence-corrected chi connectivity index (χ3v) is 4.46. The number of non-ortho nitro benzene ring substituents is 1. The number of nitro groups is 1. The molecule has 31 heavy (non-hydrogen) atoms. The molecule has 0 atom stereocenters. The lowest BCUT2D eigenvalue weighted by atomic mass is 9.90. The summed E-state index contributed by atoms with van der Waals surface area (Å²) in [5, 5.41) is 13.1. The van der Waals surface area contributed by atoms with E-state index in [9.17, 15) is 45.6 Å². The maximum Gasteiger partial charge on any atom is 0.435 e. The van der Waals surface area contributed by atoms with Crippen molar-refractivity contribution in [1.29, 1.82) is 0 Å². The van der Waals surface area contributed by atoms with Crippen LogP contribution in [0.4, 0.5) is 42.1 Å². The second kappa shape index (κ2) is 8.16. The number of hydrogen-bond donors (Lipinski definition) is 1. The van der Waals surface area contributed by atoms with E-state index in [4.69, 9.17) is 0 Å². The number of benzene rings is 2. The van der Waals surface area contributed by atoms with Gasteiger partial charge in [-0.05, 0) is 30.5 Å². The molecule has 0 aliphatic rings. The van der Waals surface area contributed by atoms with Crippen molar-refractivity contribution in [2.75, 3.05) is 5.32 Å². The van der Waals surface area contributed by atoms with Gasteiger partial charge in [-0.2, -0.15) is 26.3 Å². The molecule has 0 fully saturated rings. The Hall–Kier alpha value is -3.18. The quantitative estimate of drug-likeness (QED) is 0.360. The summed E-state index contributed by atoms with van der Waals surface area (Å²) < 4.78 is 92.2. The lowest BCUT2D eigenvalue weighted by Crippen LogP contribution is -2.50. The molecular formula is C19H15F7N2O3. The van der Waals surface area contributed by atoms with Gasteiger partial charge in [0.05, 0.1) is 11.3 Å². The molecule has 0 unspecified atom stereocenters. The second-order valence-corrected chi connectivity index (χ2v) is 6.79. The molecule has 2 rings (SSSR count). The van der Waals surface area contributed by atoms with Crippen LogP contribution in [0.2, 0.25) is 0 Å². The maximum atomic E-state index is 14.3. The predicted molar refractivity (Wildman–Crippen MR) is 96.2 cm³/mol. The molecule has 2 aromatic carbocycles. The van der Waals surface area contributed by atoms with Crippen LogP contribution in [-0.4, -0.2) is 23.2 Å². The number of rotatable bonds is 5. The molecule has 5 nitrogen and oxygen atoms in total. The van der Waals surface area contributed by atoms with E-state index in [2.05, 4.69) is 5.32 Å². The predicted octanol–water partition coefficient (Wildman–Crippen LogP) is 5.68. The van der Waals surface area contributed by atoms with Crippen LogP contribution in [0.25, 0.3) is 0 Å². The highest BCUT2D eigenvalue weighted by Crippen LogP contribution is 2.53. The van der Waals surface area contributed by atoms with Gasteiger partial charge in [0.2, 0.25) is 5.91 Å². The SMILES string of the molecule is Cc1cc(C(F)(C(F)(F)F)C(F)(F)F)cc(C)c1NC(=O)Cc1cccc([N+](=O)[O-])c1. The average Bonchev–Trinajstić information content (AvgIpc) is 2.62. The fourth-order valence-electron chi connectivity index (χ4n) is 3.00. The van der Waals surface area contributed by atoms with E-state index in [1.807, 2.05) is 0 Å². The van der Waals surface area contributed by atoms with Crippen LogP contribution < -0.4 is 5.32 Å². The van der Waals surface area contributed by atoms with Gasteiger partial charge in [-0.25, -0.2) is 4.39 Å². The Labute approximate surface area is 171 Å². The molecular weight excluding hydrogens is 437 g/mol. The summed E-state index contributed by atoms with van der Waals surface area (Å²) >= 11 is 0. The van der Waals surface area contributed by atoms with Gasteiger partial charge in [-0.1, -0.05) is 24.3 Å². The summed E-state index contributed by atoms with van der Waals surface area (Å²) in [6, 6.07) is 5.88. The van der Waals surface area contributed by atoms with Crippen molar-refractivity contribution < 1.29 is 40.5 Å². The summed E-state index contributed by atoms with van der Waals surface area (Å²) in [7, 11) is 0. The number of carbonyl (C=O) groups is 1. The van der Waals surface area contributed by atoms with Gasteiger partial charge in [0.1, 0.15) is 0 Å². The summed E-state index contributed by atoms with van der Waals surface area (Å²) in [6.45, 7) is 2.24. The van der Waals surface area contributed by atoms with Crippen molar-refractivity contribution in [1.82, 2.24) is 0 Å². The van der Waals surface area contributed by atoms with Crippen molar-refractivity contribution >= 4 is 17.3 Å². The van der Waals surface area contributed by atoms with Crippen molar-refractivity contribution in [2.45, 2.75) is 38.3 Å². The number of aryl methyl sites for hydroxylation is 2. The highest BCUT2D eigenvalue weighted by Gasteiger charge is 2.73. The summed E-state index contributed by atoms with van der Waals surface area (Å²) in [5.41, 5.74) is -7.78. The van der Waals surface area contributed by atoms with E-state index in [1.165, 1.54) is 18.2 Å². The van der Waals surface area contributed by atoms with Gasteiger partial charge in [0.25, 0.3) is 5.69 Å². The number of carbonyl (C=O) groups excluding carboxylic acids is 1. The van der Waals surface area contributed by atoms with E-state index >= 15 is 0 Å². The zero-order valence-corrected chi connectivity index (χ0v) is 16.0. The van der Waals surface area contributed by atoms with Crippen LogP contribution in [-0.2, 0) is 16.9 Å². The van der Waals surface area contributed by atoms with Gasteiger partial charge >= 0.3 is 18.0 Å². The van der Waals surface area contributed by atoms with Crippen LogP contribution in [0.3, 0.4) is 0 Å². The third kappa shape index (κ3) is 4.78. The standard InChI is InChI=1S/C19H15F7N2O3/c1-10-6-13(17(20,18(21,22)23)19(24,25)26)7-11(2)16(10)27-15(29)9-12-4-3-5-14(8-12)28(30)31/h3-8H,9H2,1-2H3,(H,27,29). The first-order chi connectivity index (χ1) is 14.1. The molecule has 0 aliphatic heterocycles. The molecule has 0 saturated heterocycles. The Bertz CT molecular complexity index is 979. The molecule has 1 amide bonds. The number of nitro benzene ring substituents is 1. The first kappa shape index (κ1) is 24.1. The minimum Gasteiger partial charge on any atom is -0.325 e. The number of alkyl halides is 7. The molecule has 12 heteroatoms. The minimum atomic E-state index is -6.25. The Morgan fingerprint density at radius 3 is 1.94 bits per heavy atom. The van der Waals surface area contributed by atoms with Crippen LogP contribution in [0.5, 0.6) is 0 Å². The Kier molecular flexibility index (Phi) is 6.34. The number of hydrogen-bond acceptors (Lipinski definition) is 3. The monoisotopic (exact) mass is 452 g/mol. The average molecular weight is 452 g/mol. The highest BCUT2D eigenvalue weighted by atomic mass is 19.4. The second-order valence-electron chi connectivity index (χ2n) is 6.79. The maximum absolute atomic E-state index is 14.3. The number of nitrogens with zero attached hydrogens (tertiary/aromatic N) is 1. The fraction of sp³-hybridized carbons (Fsp3) is 0.316. The van der Waals surface area contributed by atoms with Crippen molar-refractivity contribution in [3.8, 4) is 0 Å². The molecule has 0 heterocycles. The molecule has 2 aromatic rings. The summed E-state index contributed by atoms with van der Waals surface area (Å²) in [6.07, 6.45) is -12.9. The smallest absolute Gasteiger partial charge is 0.325 e. The van der Waals surface area contributed by atoms with Gasteiger partial charge in [0.15, 0.2) is 0 Å². The molecule has 0 aliphatic carbocycles. The van der Waals surface area contributed by atoms with Crippen LogP contribution in [0.1, 0.15) is 22.3 Å². The lowest BCUT2D eigenvalue weighted by Gasteiger charge is -2.31. The normalized spacial score (nSPS) is 12.5. The zero-order valence-electron chi connectivity index (χ0n) is 16.0. The highest BCUT2D eigenvalue weighted by molar-refractivity contribution is 5.94. The third-order valence-electron chi connectivity index (χ3n) is 4.46. The minimum absolute atomic E-state index is 0.0918. The van der Waals surface area contributed by atoms with Gasteiger partial charge in [-0.3, -0.25) is 14.9 Å². The van der Waals surface area contributed by atoms with Gasteiger partial charge in [-0.15, -0.1) is 0 Å². The van der Waals surface area contributed by atoms with Crippen LogP contribution in [0, 0.1) is 24.0 Å². The first-order valence-electron chi connectivity index (χ1n) is 8.55. The van der Waals surface area contributed by atoms with Crippen molar-refractivity contribution in [3.05, 3.63) is 68.8 Å². The molecule has 0 bridgehead atoms. The Morgan fingerprint density at radius 1 is 0.968 bits per heavy atom. The van der Waals surface area contributed by atoms with E-state index in [0.29, 0.717) is 12.1 Å². The van der Waals surface area contributed by atoms with E-state index in [-0.39, 0.29) is 34.5 Å². The first-order valence-corrected chi connectivity index (χ1v) is 8.55. The largest absolute Gasteiger partial charge is 0.435 e. The zero-order chi connectivity index (χ0) is 23.8. The number of halogens is 7. The van der Waals surface area contributed by atoms with E-state index in [0.717, 1.165) is 19.9 Å². The summed E-state index contributed by atoms with van der Waals surface area (Å²) in [4.78, 5) is 22.4. The van der Waals surface area contributed by atoms with E-state index in [1.54, 1.807) is 0 Å². The lowest BCUT2D eigenvalue weighted by molar-refractivity contribution is -0.384. The number of amides is 1. The van der Waals surface area contributed by atoms with Gasteiger partial charge < -0.3 is 5.32 Å². The molecule has 0 spiro atoms. The molecule has 1 N–H and O–H groups in total. The Morgan fingerprint density at radius 2 is 1.48 bits per heavy atom. The van der Waals surface area contributed by atoms with Crippen molar-refractivity contribution in [3.63, 3.8) is 0 Å². The van der Waals surface area contributed by atoms with Crippen LogP contribution >= 0.6 is 0 Å².